The number of alkyl carbamates (subject to hydrolysis) is 1. The maximum absolute atomic E-state index is 11.8. The molecule has 2 aromatic rings. The molecule has 3 N–H and O–H groups in total. The zero-order valence-corrected chi connectivity index (χ0v) is 12.8. The van der Waals surface area contributed by atoms with Crippen molar-refractivity contribution in [1.29, 1.82) is 0 Å². The molecule has 0 heterocycles. The molecule has 1 amide bonds. The largest absolute Gasteiger partial charge is 0.480 e. The standard InChI is InChI=1S/C18H17NO5/c20-9-16(17(21)22)19-18(23)24-10-15-13-7-3-1-5-11(13)12-6-2-4-8-14(12)15/h1-8,15-16,20H,9-10H2,(H,19,23)(H,21,22). The minimum Gasteiger partial charge on any atom is -0.480 e. The summed E-state index contributed by atoms with van der Waals surface area (Å²) in [5.74, 6) is -1.41. The van der Waals surface area contributed by atoms with Gasteiger partial charge in [-0.2, -0.15) is 0 Å². The Labute approximate surface area is 138 Å². The highest BCUT2D eigenvalue weighted by atomic mass is 16.5. The highest BCUT2D eigenvalue weighted by Gasteiger charge is 2.29. The Morgan fingerprint density at radius 2 is 1.58 bits per heavy atom. The molecule has 0 aliphatic heterocycles. The molecule has 6 nitrogen and oxygen atoms in total. The van der Waals surface area contributed by atoms with Gasteiger partial charge in [-0.25, -0.2) is 9.59 Å². The second-order valence-electron chi connectivity index (χ2n) is 5.54. The van der Waals surface area contributed by atoms with Gasteiger partial charge in [-0.1, -0.05) is 48.5 Å². The second-order valence-corrected chi connectivity index (χ2v) is 5.54. The van der Waals surface area contributed by atoms with Crippen molar-refractivity contribution in [2.24, 2.45) is 0 Å². The van der Waals surface area contributed by atoms with Crippen molar-refractivity contribution in [3.63, 3.8) is 0 Å². The van der Waals surface area contributed by atoms with Crippen LogP contribution in [0.4, 0.5) is 4.79 Å². The van der Waals surface area contributed by atoms with Crippen molar-refractivity contribution in [1.82, 2.24) is 5.32 Å². The van der Waals surface area contributed by atoms with Crippen LogP contribution >= 0.6 is 0 Å². The number of aliphatic carboxylic acids is 1. The van der Waals surface area contributed by atoms with Gasteiger partial charge in [-0.15, -0.1) is 0 Å². The zero-order chi connectivity index (χ0) is 17.1. The predicted molar refractivity (Wildman–Crippen MR) is 86.7 cm³/mol. The second kappa shape index (κ2) is 6.72. The third kappa shape index (κ3) is 2.96. The molecule has 1 aliphatic rings. The van der Waals surface area contributed by atoms with Gasteiger partial charge in [-0.3, -0.25) is 0 Å². The van der Waals surface area contributed by atoms with Gasteiger partial charge in [-0.05, 0) is 22.3 Å². The molecule has 6 heteroatoms. The number of carbonyl (C=O) groups excluding carboxylic acids is 1. The number of aliphatic hydroxyl groups excluding tert-OH is 1. The Balaban J connectivity index is 1.74. The van der Waals surface area contributed by atoms with Gasteiger partial charge in [0.1, 0.15) is 6.61 Å². The summed E-state index contributed by atoms with van der Waals surface area (Å²) in [6.07, 6.45) is -0.863. The van der Waals surface area contributed by atoms with E-state index in [0.29, 0.717) is 0 Å². The number of hydrogen-bond donors (Lipinski definition) is 3. The number of nitrogens with one attached hydrogen (secondary N) is 1. The molecule has 24 heavy (non-hydrogen) atoms. The highest BCUT2D eigenvalue weighted by molar-refractivity contribution is 5.81. The Morgan fingerprint density at radius 3 is 2.08 bits per heavy atom. The average Bonchev–Trinajstić information content (AvgIpc) is 2.91. The van der Waals surface area contributed by atoms with Crippen molar-refractivity contribution < 1.29 is 24.5 Å². The lowest BCUT2D eigenvalue weighted by Gasteiger charge is -2.16. The summed E-state index contributed by atoms with van der Waals surface area (Å²) in [4.78, 5) is 22.6. The van der Waals surface area contributed by atoms with E-state index in [-0.39, 0.29) is 12.5 Å². The van der Waals surface area contributed by atoms with E-state index in [1.54, 1.807) is 0 Å². The van der Waals surface area contributed by atoms with Gasteiger partial charge in [0.2, 0.25) is 0 Å². The maximum Gasteiger partial charge on any atom is 0.407 e. The number of benzene rings is 2. The van der Waals surface area contributed by atoms with Crippen LogP contribution in [-0.2, 0) is 9.53 Å². The number of ether oxygens (including phenoxy) is 1. The lowest BCUT2D eigenvalue weighted by Crippen LogP contribution is -2.43. The summed E-state index contributed by atoms with van der Waals surface area (Å²) in [7, 11) is 0. The van der Waals surface area contributed by atoms with Crippen molar-refractivity contribution >= 4 is 12.1 Å². The van der Waals surface area contributed by atoms with Crippen LogP contribution in [0.2, 0.25) is 0 Å². The summed E-state index contributed by atoms with van der Waals surface area (Å²) < 4.78 is 5.20. The van der Waals surface area contributed by atoms with Crippen molar-refractivity contribution in [3.8, 4) is 11.1 Å². The van der Waals surface area contributed by atoms with Crippen LogP contribution in [0.3, 0.4) is 0 Å². The van der Waals surface area contributed by atoms with Crippen molar-refractivity contribution in [2.45, 2.75) is 12.0 Å². The van der Waals surface area contributed by atoms with E-state index in [0.717, 1.165) is 22.3 Å². The van der Waals surface area contributed by atoms with Gasteiger partial charge in [0, 0.05) is 5.92 Å². The van der Waals surface area contributed by atoms with Gasteiger partial charge >= 0.3 is 12.1 Å². The third-order valence-electron chi connectivity index (χ3n) is 4.12. The minimum atomic E-state index is -1.37. The van der Waals surface area contributed by atoms with Crippen molar-refractivity contribution in [2.75, 3.05) is 13.2 Å². The Kier molecular flexibility index (Phi) is 4.48. The van der Waals surface area contributed by atoms with Crippen LogP contribution in [0.5, 0.6) is 0 Å². The van der Waals surface area contributed by atoms with Crippen LogP contribution < -0.4 is 5.32 Å². The number of carbonyl (C=O) groups is 2. The Hall–Kier alpha value is -2.86. The van der Waals surface area contributed by atoms with E-state index >= 15 is 0 Å². The molecule has 124 valence electrons. The third-order valence-corrected chi connectivity index (χ3v) is 4.12. The average molecular weight is 327 g/mol. The van der Waals surface area contributed by atoms with Crippen LogP contribution in [0.1, 0.15) is 17.0 Å². The first-order valence-electron chi connectivity index (χ1n) is 7.57. The molecule has 2 aromatic carbocycles. The summed E-state index contributed by atoms with van der Waals surface area (Å²) >= 11 is 0. The van der Waals surface area contributed by atoms with E-state index in [1.807, 2.05) is 48.5 Å². The molecule has 1 atom stereocenters. The number of aliphatic hydroxyl groups is 1. The van der Waals surface area contributed by atoms with E-state index < -0.39 is 24.7 Å². The summed E-state index contributed by atoms with van der Waals surface area (Å²) in [5, 5.41) is 19.9. The van der Waals surface area contributed by atoms with Gasteiger partial charge in [0.25, 0.3) is 0 Å². The summed E-state index contributed by atoms with van der Waals surface area (Å²) in [6, 6.07) is 14.5. The fourth-order valence-electron chi connectivity index (χ4n) is 2.97. The molecule has 0 bridgehead atoms. The number of amides is 1. The fourth-order valence-corrected chi connectivity index (χ4v) is 2.97. The normalized spacial score (nSPS) is 13.7. The van der Waals surface area contributed by atoms with E-state index in [4.69, 9.17) is 14.9 Å². The molecule has 0 aromatic heterocycles. The fraction of sp³-hybridized carbons (Fsp3) is 0.222. The summed E-state index contributed by atoms with van der Waals surface area (Å²) in [5.41, 5.74) is 4.37. The van der Waals surface area contributed by atoms with Crippen molar-refractivity contribution in [3.05, 3.63) is 59.7 Å². The molecular weight excluding hydrogens is 310 g/mol. The number of hydrogen-bond acceptors (Lipinski definition) is 4. The monoisotopic (exact) mass is 327 g/mol. The first kappa shape index (κ1) is 16.0. The van der Waals surface area contributed by atoms with Crippen LogP contribution in [0, 0.1) is 0 Å². The molecule has 0 saturated carbocycles. The number of rotatable bonds is 5. The molecule has 0 radical (unpaired) electrons. The van der Waals surface area contributed by atoms with Gasteiger partial charge < -0.3 is 20.3 Å². The van der Waals surface area contributed by atoms with Gasteiger partial charge in [0.15, 0.2) is 6.04 Å². The summed E-state index contributed by atoms with van der Waals surface area (Å²) in [6.45, 7) is -0.600. The first-order chi connectivity index (χ1) is 11.6. The SMILES string of the molecule is O=C(NC(CO)C(=O)O)OCC1c2ccccc2-c2ccccc21. The molecule has 0 saturated heterocycles. The molecular formula is C18H17NO5. The highest BCUT2D eigenvalue weighted by Crippen LogP contribution is 2.44. The predicted octanol–water partition coefficient (Wildman–Crippen LogP) is 1.97. The van der Waals surface area contributed by atoms with Crippen LogP contribution in [0.25, 0.3) is 11.1 Å². The van der Waals surface area contributed by atoms with E-state index in [1.165, 1.54) is 0 Å². The Morgan fingerprint density at radius 1 is 1.04 bits per heavy atom. The lowest BCUT2D eigenvalue weighted by atomic mass is 9.98. The smallest absolute Gasteiger partial charge is 0.407 e. The van der Waals surface area contributed by atoms with E-state index in [9.17, 15) is 9.59 Å². The van der Waals surface area contributed by atoms with Crippen LogP contribution in [0.15, 0.2) is 48.5 Å². The zero-order valence-electron chi connectivity index (χ0n) is 12.8. The van der Waals surface area contributed by atoms with Crippen LogP contribution in [-0.4, -0.2) is 41.5 Å². The lowest BCUT2D eigenvalue weighted by molar-refractivity contribution is -0.140. The first-order valence-corrected chi connectivity index (χ1v) is 7.57. The number of fused-ring (bicyclic) bond motifs is 3. The molecule has 0 spiro atoms. The topological polar surface area (TPSA) is 95.9 Å². The van der Waals surface area contributed by atoms with E-state index in [2.05, 4.69) is 5.32 Å². The molecule has 1 unspecified atom stereocenters. The number of carboxylic acids is 1. The quantitative estimate of drug-likeness (QED) is 0.780. The minimum absolute atomic E-state index is 0.0949. The molecule has 3 rings (SSSR count). The van der Waals surface area contributed by atoms with Gasteiger partial charge in [0.05, 0.1) is 6.61 Å². The molecule has 0 fully saturated rings. The molecule has 1 aliphatic carbocycles. The number of carboxylic acid groups (broad SMARTS) is 1. The Bertz CT molecular complexity index is 728. The maximum atomic E-state index is 11.8.